The first-order chi connectivity index (χ1) is 11.7. The smallest absolute Gasteiger partial charge is 0.232 e. The van der Waals surface area contributed by atoms with Gasteiger partial charge in [-0.1, -0.05) is 5.16 Å². The quantitative estimate of drug-likeness (QED) is 0.666. The van der Waals surface area contributed by atoms with Gasteiger partial charge in [-0.2, -0.15) is 4.98 Å². The monoisotopic (exact) mass is 345 g/mol. The Morgan fingerprint density at radius 1 is 1.25 bits per heavy atom. The summed E-state index contributed by atoms with van der Waals surface area (Å²) in [6.45, 7) is 1.86. The van der Waals surface area contributed by atoms with Crippen LogP contribution in [0.3, 0.4) is 0 Å². The van der Waals surface area contributed by atoms with Crippen LogP contribution in [0.1, 0.15) is 31.4 Å². The van der Waals surface area contributed by atoms with Crippen LogP contribution in [0.5, 0.6) is 0 Å². The number of nitrogens with zero attached hydrogens (tertiary/aromatic N) is 3. The minimum atomic E-state index is -0.165. The molecule has 0 amide bonds. The van der Waals surface area contributed by atoms with Crippen molar-refractivity contribution in [2.75, 3.05) is 10.6 Å². The van der Waals surface area contributed by atoms with E-state index in [4.69, 9.17) is 4.52 Å². The van der Waals surface area contributed by atoms with E-state index < -0.39 is 0 Å². The molecule has 7 nitrogen and oxygen atoms in total. The van der Waals surface area contributed by atoms with Gasteiger partial charge in [0.1, 0.15) is 5.82 Å². The number of anilines is 3. The Morgan fingerprint density at radius 2 is 2.08 bits per heavy atom. The van der Waals surface area contributed by atoms with Crippen LogP contribution in [-0.4, -0.2) is 32.4 Å². The van der Waals surface area contributed by atoms with Gasteiger partial charge < -0.3 is 14.9 Å². The van der Waals surface area contributed by atoms with Crippen LogP contribution >= 0.6 is 11.3 Å². The largest absolute Gasteiger partial charge is 0.393 e. The van der Waals surface area contributed by atoms with Gasteiger partial charge in [0.2, 0.25) is 11.8 Å². The van der Waals surface area contributed by atoms with Crippen molar-refractivity contribution in [3.05, 3.63) is 23.2 Å². The van der Waals surface area contributed by atoms with Crippen LogP contribution < -0.4 is 10.6 Å². The zero-order valence-corrected chi connectivity index (χ0v) is 14.1. The normalized spacial score (nSPS) is 21.1. The zero-order chi connectivity index (χ0) is 16.5. The summed E-state index contributed by atoms with van der Waals surface area (Å²) in [4.78, 5) is 9.14. The van der Waals surface area contributed by atoms with Crippen molar-refractivity contribution in [2.45, 2.75) is 44.8 Å². The van der Waals surface area contributed by atoms with E-state index in [1.807, 2.05) is 18.4 Å². The lowest BCUT2D eigenvalue weighted by Crippen LogP contribution is -2.28. The lowest BCUT2D eigenvalue weighted by Gasteiger charge is -2.26. The zero-order valence-electron chi connectivity index (χ0n) is 13.3. The van der Waals surface area contributed by atoms with Gasteiger partial charge in [-0.05, 0) is 44.1 Å². The molecule has 1 aliphatic rings. The van der Waals surface area contributed by atoms with E-state index in [-0.39, 0.29) is 6.10 Å². The molecule has 1 fully saturated rings. The minimum absolute atomic E-state index is 0.165. The summed E-state index contributed by atoms with van der Waals surface area (Å²) < 4.78 is 6.22. The number of aryl methyl sites for hydroxylation is 1. The second kappa shape index (κ2) is 6.37. The minimum Gasteiger partial charge on any atom is -0.393 e. The van der Waals surface area contributed by atoms with Gasteiger partial charge in [-0.25, -0.2) is 4.98 Å². The molecule has 0 atom stereocenters. The summed E-state index contributed by atoms with van der Waals surface area (Å²) in [5.41, 5.74) is 1.69. The first-order valence-electron chi connectivity index (χ1n) is 8.07. The molecule has 0 aromatic carbocycles. The summed E-state index contributed by atoms with van der Waals surface area (Å²) in [5, 5.41) is 22.1. The number of aromatic nitrogens is 3. The van der Waals surface area contributed by atoms with E-state index in [0.29, 0.717) is 17.9 Å². The van der Waals surface area contributed by atoms with Crippen LogP contribution in [-0.2, 0) is 0 Å². The highest BCUT2D eigenvalue weighted by Crippen LogP contribution is 2.30. The molecule has 3 aromatic heterocycles. The van der Waals surface area contributed by atoms with E-state index >= 15 is 0 Å². The van der Waals surface area contributed by atoms with E-state index in [9.17, 15) is 5.11 Å². The fourth-order valence-corrected chi connectivity index (χ4v) is 3.75. The molecule has 8 heteroatoms. The van der Waals surface area contributed by atoms with Crippen LogP contribution in [0.2, 0.25) is 0 Å². The topological polar surface area (TPSA) is 96.1 Å². The molecule has 0 aliphatic heterocycles. The van der Waals surface area contributed by atoms with Crippen molar-refractivity contribution in [3.63, 3.8) is 0 Å². The summed E-state index contributed by atoms with van der Waals surface area (Å²) >= 11 is 1.62. The van der Waals surface area contributed by atoms with Gasteiger partial charge in [-0.15, -0.1) is 11.3 Å². The lowest BCUT2D eigenvalue weighted by atomic mass is 9.93. The van der Waals surface area contributed by atoms with Crippen LogP contribution in [0, 0.1) is 6.92 Å². The summed E-state index contributed by atoms with van der Waals surface area (Å²) in [5.74, 6) is 1.83. The predicted molar refractivity (Wildman–Crippen MR) is 93.8 cm³/mol. The van der Waals surface area contributed by atoms with Crippen LogP contribution in [0.15, 0.2) is 22.0 Å². The fourth-order valence-electron chi connectivity index (χ4n) is 2.96. The Hall–Kier alpha value is -2.19. The first kappa shape index (κ1) is 15.3. The molecular formula is C16H19N5O2S. The average Bonchev–Trinajstić information content (AvgIpc) is 3.19. The molecule has 0 saturated heterocycles. The van der Waals surface area contributed by atoms with Crippen molar-refractivity contribution in [1.82, 2.24) is 15.1 Å². The summed E-state index contributed by atoms with van der Waals surface area (Å²) in [6, 6.07) is 4.11. The highest BCUT2D eigenvalue weighted by molar-refractivity contribution is 7.17. The molecule has 0 unspecified atom stereocenters. The lowest BCUT2D eigenvalue weighted by molar-refractivity contribution is 0.126. The number of fused-ring (bicyclic) bond motifs is 1. The molecule has 126 valence electrons. The maximum Gasteiger partial charge on any atom is 0.232 e. The third-order valence-electron chi connectivity index (χ3n) is 4.20. The van der Waals surface area contributed by atoms with Crippen molar-refractivity contribution < 1.29 is 9.63 Å². The molecule has 1 aliphatic carbocycles. The molecule has 1 saturated carbocycles. The molecule has 24 heavy (non-hydrogen) atoms. The molecular weight excluding hydrogens is 326 g/mol. The second-order valence-corrected chi connectivity index (χ2v) is 7.05. The molecule has 3 aromatic rings. The Labute approximate surface area is 143 Å². The maximum atomic E-state index is 9.66. The van der Waals surface area contributed by atoms with Crippen molar-refractivity contribution in [2.24, 2.45) is 0 Å². The van der Waals surface area contributed by atoms with E-state index in [1.54, 1.807) is 17.4 Å². The van der Waals surface area contributed by atoms with E-state index in [2.05, 4.69) is 25.8 Å². The Balaban J connectivity index is 1.60. The highest BCUT2D eigenvalue weighted by atomic mass is 32.1. The Morgan fingerprint density at radius 3 is 2.83 bits per heavy atom. The fraction of sp³-hybridized carbons (Fsp3) is 0.438. The molecule has 4 rings (SSSR count). The number of aliphatic hydroxyl groups is 1. The number of hydrogen-bond acceptors (Lipinski definition) is 8. The van der Waals surface area contributed by atoms with Gasteiger partial charge >= 0.3 is 0 Å². The van der Waals surface area contributed by atoms with Gasteiger partial charge in [0.15, 0.2) is 0 Å². The summed E-state index contributed by atoms with van der Waals surface area (Å²) in [7, 11) is 0. The molecule has 0 radical (unpaired) electrons. The molecule has 3 N–H and O–H groups in total. The van der Waals surface area contributed by atoms with Gasteiger partial charge in [0.25, 0.3) is 0 Å². The number of aliphatic hydroxyl groups excluding tert-OH is 1. The van der Waals surface area contributed by atoms with E-state index in [0.717, 1.165) is 47.4 Å². The first-order valence-corrected chi connectivity index (χ1v) is 8.95. The SMILES string of the molecule is Cc1cc(Nc2nc(NC3CCC(O)CC3)c3sccc3n2)on1. The third-order valence-corrected chi connectivity index (χ3v) is 5.11. The Bertz CT molecular complexity index is 838. The van der Waals surface area contributed by atoms with Crippen molar-refractivity contribution >= 4 is 39.2 Å². The second-order valence-electron chi connectivity index (χ2n) is 6.14. The average molecular weight is 345 g/mol. The molecule has 0 spiro atoms. The van der Waals surface area contributed by atoms with Gasteiger partial charge in [0, 0.05) is 12.1 Å². The Kier molecular flexibility index (Phi) is 4.07. The number of rotatable bonds is 4. The number of hydrogen-bond donors (Lipinski definition) is 3. The molecule has 0 bridgehead atoms. The summed E-state index contributed by atoms with van der Waals surface area (Å²) in [6.07, 6.45) is 3.39. The van der Waals surface area contributed by atoms with Crippen molar-refractivity contribution in [1.29, 1.82) is 0 Å². The highest BCUT2D eigenvalue weighted by Gasteiger charge is 2.21. The maximum absolute atomic E-state index is 9.66. The standard InChI is InChI=1S/C16H19N5O2S/c1-9-8-13(23-21-9)19-16-18-12-6-7-24-14(12)15(20-16)17-10-2-4-11(22)5-3-10/h6-8,10-11,22H,2-5H2,1H3,(H2,17,18,19,20). The molecule has 3 heterocycles. The van der Waals surface area contributed by atoms with Crippen LogP contribution in [0.4, 0.5) is 17.7 Å². The van der Waals surface area contributed by atoms with Crippen molar-refractivity contribution in [3.8, 4) is 0 Å². The van der Waals surface area contributed by atoms with Gasteiger partial charge in [-0.3, -0.25) is 5.32 Å². The predicted octanol–water partition coefficient (Wildman–Crippen LogP) is 3.45. The number of thiophene rings is 1. The van der Waals surface area contributed by atoms with E-state index in [1.165, 1.54) is 0 Å². The van der Waals surface area contributed by atoms with Gasteiger partial charge in [0.05, 0.1) is 22.0 Å². The third kappa shape index (κ3) is 3.20. The van der Waals surface area contributed by atoms with Crippen LogP contribution in [0.25, 0.3) is 10.2 Å². The number of nitrogens with one attached hydrogen (secondary N) is 2.